The molecule has 27 heavy (non-hydrogen) atoms. The number of unbranched alkanes of at least 4 members (excludes halogenated alkanes) is 1. The Balaban J connectivity index is 0.000000289. The number of methoxy groups -OCH3 is 2. The predicted octanol–water partition coefficient (Wildman–Crippen LogP) is 5.06. The van der Waals surface area contributed by atoms with Gasteiger partial charge in [-0.15, -0.1) is 0 Å². The molecule has 0 heterocycles. The Morgan fingerprint density at radius 2 is 1.78 bits per heavy atom. The maximum Gasteiger partial charge on any atom is 0.123 e. The number of hydrogen-bond donors (Lipinski definition) is 1. The molecule has 0 aliphatic carbocycles. The number of halogens is 1. The van der Waals surface area contributed by atoms with Gasteiger partial charge in [-0.05, 0) is 55.1 Å². The highest BCUT2D eigenvalue weighted by Gasteiger charge is 1.98. The normalized spacial score (nSPS) is 10.6. The van der Waals surface area contributed by atoms with Gasteiger partial charge in [-0.2, -0.15) is 0 Å². The summed E-state index contributed by atoms with van der Waals surface area (Å²) < 4.78 is 22.7. The van der Waals surface area contributed by atoms with E-state index in [4.69, 9.17) is 9.47 Å². The smallest absolute Gasteiger partial charge is 0.123 e. The van der Waals surface area contributed by atoms with Crippen molar-refractivity contribution in [3.8, 4) is 5.75 Å². The van der Waals surface area contributed by atoms with Crippen molar-refractivity contribution in [1.82, 2.24) is 5.32 Å². The molecule has 0 atom stereocenters. The van der Waals surface area contributed by atoms with Crippen LogP contribution in [0.25, 0.3) is 5.70 Å². The van der Waals surface area contributed by atoms with Crippen molar-refractivity contribution in [3.05, 3.63) is 71.7 Å². The van der Waals surface area contributed by atoms with Crippen LogP contribution in [0.3, 0.4) is 0 Å². The molecule has 1 N–H and O–H groups in total. The third kappa shape index (κ3) is 9.01. The van der Waals surface area contributed by atoms with Crippen molar-refractivity contribution in [3.63, 3.8) is 0 Å². The zero-order valence-electron chi connectivity index (χ0n) is 16.4. The molecule has 0 fully saturated rings. The Kier molecular flexibility index (Phi) is 11.2. The van der Waals surface area contributed by atoms with Gasteiger partial charge in [0.15, 0.2) is 0 Å². The molecule has 146 valence electrons. The summed E-state index contributed by atoms with van der Waals surface area (Å²) in [6, 6.07) is 14.0. The molecule has 0 aromatic heterocycles. The lowest BCUT2D eigenvalue weighted by Crippen LogP contribution is -2.07. The van der Waals surface area contributed by atoms with Crippen molar-refractivity contribution < 1.29 is 13.9 Å². The first-order chi connectivity index (χ1) is 13.1. The van der Waals surface area contributed by atoms with E-state index in [1.807, 2.05) is 30.5 Å². The monoisotopic (exact) mass is 372 g/mol. The lowest BCUT2D eigenvalue weighted by molar-refractivity contribution is 0.185. The molecule has 0 saturated heterocycles. The predicted molar refractivity (Wildman–Crippen MR) is 111 cm³/mol. The van der Waals surface area contributed by atoms with E-state index >= 15 is 0 Å². The molecule has 0 unspecified atom stereocenters. The van der Waals surface area contributed by atoms with Gasteiger partial charge >= 0.3 is 0 Å². The Bertz CT molecular complexity index is 682. The fraction of sp³-hybridized carbons (Fsp3) is 0.318. The minimum absolute atomic E-state index is 0.244. The maximum atomic E-state index is 12.7. The Labute approximate surface area is 161 Å². The SMILES string of the molecule is C=N/C(=C\NCCCC)c1ccc(F)cc1.COCc1ccc(OC)cc1. The number of benzene rings is 2. The van der Waals surface area contributed by atoms with Gasteiger partial charge in [-0.3, -0.25) is 4.99 Å². The third-order valence-corrected chi connectivity index (χ3v) is 3.69. The van der Waals surface area contributed by atoms with Crippen LogP contribution in [0.4, 0.5) is 4.39 Å². The molecular formula is C22H29FN2O2. The molecule has 4 nitrogen and oxygen atoms in total. The van der Waals surface area contributed by atoms with Crippen molar-refractivity contribution in [1.29, 1.82) is 0 Å². The summed E-state index contributed by atoms with van der Waals surface area (Å²) in [4.78, 5) is 3.91. The van der Waals surface area contributed by atoms with Crippen LogP contribution in [0.15, 0.2) is 59.7 Å². The second-order valence-corrected chi connectivity index (χ2v) is 5.78. The van der Waals surface area contributed by atoms with Crippen molar-refractivity contribution in [2.45, 2.75) is 26.4 Å². The summed E-state index contributed by atoms with van der Waals surface area (Å²) in [6.45, 7) is 7.21. The van der Waals surface area contributed by atoms with Gasteiger partial charge in [0.1, 0.15) is 11.6 Å². The topological polar surface area (TPSA) is 42.9 Å². The summed E-state index contributed by atoms with van der Waals surface area (Å²) in [5, 5.41) is 3.16. The largest absolute Gasteiger partial charge is 0.497 e. The molecule has 2 aromatic rings. The van der Waals surface area contributed by atoms with Crippen LogP contribution < -0.4 is 10.1 Å². The van der Waals surface area contributed by atoms with Gasteiger partial charge < -0.3 is 14.8 Å². The number of hydrogen-bond acceptors (Lipinski definition) is 4. The summed E-state index contributed by atoms with van der Waals surface area (Å²) in [6.07, 6.45) is 4.08. The van der Waals surface area contributed by atoms with E-state index in [1.165, 1.54) is 12.1 Å². The third-order valence-electron chi connectivity index (χ3n) is 3.69. The number of ether oxygens (including phenoxy) is 2. The average Bonchev–Trinajstić information content (AvgIpc) is 2.70. The second kappa shape index (κ2) is 13.5. The Morgan fingerprint density at radius 1 is 1.11 bits per heavy atom. The number of nitrogens with zero attached hydrogens (tertiary/aromatic N) is 1. The van der Waals surface area contributed by atoms with Gasteiger partial charge in [0.05, 0.1) is 19.4 Å². The minimum atomic E-state index is -0.244. The van der Waals surface area contributed by atoms with E-state index in [-0.39, 0.29) is 5.82 Å². The summed E-state index contributed by atoms with van der Waals surface area (Å²) in [5.74, 6) is 0.635. The molecule has 2 rings (SSSR count). The van der Waals surface area contributed by atoms with Gasteiger partial charge in [0, 0.05) is 25.4 Å². The average molecular weight is 372 g/mol. The summed E-state index contributed by atoms with van der Waals surface area (Å²) >= 11 is 0. The van der Waals surface area contributed by atoms with E-state index in [0.29, 0.717) is 6.61 Å². The van der Waals surface area contributed by atoms with Gasteiger partial charge in [0.2, 0.25) is 0 Å². The standard InChI is InChI=1S/C13H17FN2.C9H12O2/c1-3-4-9-16-10-13(15-2)11-5-7-12(14)8-6-11;1-10-7-8-3-5-9(11-2)6-4-8/h5-8,10,16H,2-4,9H2,1H3;3-6H,7H2,1-2H3/b13-10-;. The molecule has 2 aromatic carbocycles. The van der Waals surface area contributed by atoms with Crippen LogP contribution in [0, 0.1) is 5.82 Å². The van der Waals surface area contributed by atoms with Gasteiger partial charge in [-0.1, -0.05) is 25.5 Å². The van der Waals surface area contributed by atoms with E-state index in [0.717, 1.165) is 42.0 Å². The van der Waals surface area contributed by atoms with Crippen LogP contribution in [-0.4, -0.2) is 27.5 Å². The maximum absolute atomic E-state index is 12.7. The zero-order valence-corrected chi connectivity index (χ0v) is 16.4. The fourth-order valence-electron chi connectivity index (χ4n) is 2.18. The van der Waals surface area contributed by atoms with Crippen LogP contribution in [0.5, 0.6) is 5.75 Å². The highest BCUT2D eigenvalue weighted by Crippen LogP contribution is 2.14. The molecule has 5 heteroatoms. The number of rotatable bonds is 9. The molecule has 0 radical (unpaired) electrons. The molecule has 0 saturated carbocycles. The Morgan fingerprint density at radius 3 is 2.30 bits per heavy atom. The summed E-state index contributed by atoms with van der Waals surface area (Å²) in [7, 11) is 3.34. The zero-order chi connectivity index (χ0) is 19.9. The van der Waals surface area contributed by atoms with Gasteiger partial charge in [0.25, 0.3) is 0 Å². The lowest BCUT2D eigenvalue weighted by Gasteiger charge is -2.03. The van der Waals surface area contributed by atoms with Gasteiger partial charge in [-0.25, -0.2) is 4.39 Å². The molecule has 0 aliphatic heterocycles. The van der Waals surface area contributed by atoms with Crippen molar-refractivity contribution in [2.24, 2.45) is 4.99 Å². The van der Waals surface area contributed by atoms with E-state index in [1.54, 1.807) is 26.4 Å². The van der Waals surface area contributed by atoms with E-state index in [9.17, 15) is 4.39 Å². The number of nitrogens with one attached hydrogen (secondary N) is 1. The molecule has 0 amide bonds. The highest BCUT2D eigenvalue weighted by molar-refractivity contribution is 5.67. The summed E-state index contributed by atoms with van der Waals surface area (Å²) in [5.41, 5.74) is 2.75. The fourth-order valence-corrected chi connectivity index (χ4v) is 2.18. The quantitative estimate of drug-likeness (QED) is 0.494. The van der Waals surface area contributed by atoms with Crippen LogP contribution in [-0.2, 0) is 11.3 Å². The molecule has 0 bridgehead atoms. The lowest BCUT2D eigenvalue weighted by atomic mass is 10.2. The van der Waals surface area contributed by atoms with E-state index in [2.05, 4.69) is 24.0 Å². The first-order valence-corrected chi connectivity index (χ1v) is 8.92. The van der Waals surface area contributed by atoms with Crippen molar-refractivity contribution in [2.75, 3.05) is 20.8 Å². The minimum Gasteiger partial charge on any atom is -0.497 e. The number of aliphatic imine (C=N–C) groups is 1. The first-order valence-electron chi connectivity index (χ1n) is 8.92. The highest BCUT2D eigenvalue weighted by atomic mass is 19.1. The van der Waals surface area contributed by atoms with Crippen LogP contribution in [0.2, 0.25) is 0 Å². The molecule has 0 aliphatic rings. The van der Waals surface area contributed by atoms with Crippen molar-refractivity contribution >= 4 is 12.4 Å². The Hall–Kier alpha value is -2.66. The van der Waals surface area contributed by atoms with E-state index < -0.39 is 0 Å². The van der Waals surface area contributed by atoms with Crippen LogP contribution >= 0.6 is 0 Å². The molecular weight excluding hydrogens is 343 g/mol. The first kappa shape index (κ1) is 22.4. The van der Waals surface area contributed by atoms with Crippen LogP contribution in [0.1, 0.15) is 30.9 Å². The second-order valence-electron chi connectivity index (χ2n) is 5.78. The molecule has 0 spiro atoms.